The molecule has 6 rings (SSSR count). The minimum Gasteiger partial charge on any atom is -0.497 e. The third kappa shape index (κ3) is 1.83. The van der Waals surface area contributed by atoms with Gasteiger partial charge in [0, 0.05) is 43.1 Å². The van der Waals surface area contributed by atoms with Crippen LogP contribution in [0.2, 0.25) is 0 Å². The second-order valence-corrected chi connectivity index (χ2v) is 8.91. The Labute approximate surface area is 164 Å². The van der Waals surface area contributed by atoms with Crippen LogP contribution in [0.1, 0.15) is 38.7 Å². The number of nitrogens with zero attached hydrogens (tertiary/aromatic N) is 1. The Hall–Kier alpha value is -2.05. The summed E-state index contributed by atoms with van der Waals surface area (Å²) >= 11 is 0. The monoisotopic (exact) mass is 382 g/mol. The number of benzene rings is 1. The van der Waals surface area contributed by atoms with Crippen molar-refractivity contribution in [3.63, 3.8) is 0 Å². The van der Waals surface area contributed by atoms with E-state index in [-0.39, 0.29) is 22.9 Å². The number of epoxide rings is 1. The molecule has 148 valence electrons. The summed E-state index contributed by atoms with van der Waals surface area (Å²) in [6.07, 6.45) is 3.39. The molecule has 0 aromatic heterocycles. The molecule has 4 aliphatic heterocycles. The number of ether oxygens (including phenoxy) is 3. The van der Waals surface area contributed by atoms with E-state index in [0.717, 1.165) is 55.2 Å². The SMILES string of the molecule is CC[C@]12CC(OC(C)=O)=C3Nc4cc(OC)ccc4[C@@]34CCN(C[C@H]3O[C@H]31)[C@@H]24. The third-order valence-corrected chi connectivity index (χ3v) is 7.84. The van der Waals surface area contributed by atoms with E-state index < -0.39 is 0 Å². The molecule has 0 bridgehead atoms. The Bertz CT molecular complexity index is 927. The largest absolute Gasteiger partial charge is 0.497 e. The van der Waals surface area contributed by atoms with Crippen molar-refractivity contribution in [3.8, 4) is 5.75 Å². The molecule has 3 fully saturated rings. The fourth-order valence-electron chi connectivity index (χ4n) is 6.87. The number of carbonyl (C=O) groups is 1. The van der Waals surface area contributed by atoms with Crippen molar-refractivity contribution in [3.05, 3.63) is 35.2 Å². The van der Waals surface area contributed by atoms with E-state index in [9.17, 15) is 4.79 Å². The average Bonchev–Trinajstić information content (AvgIpc) is 3.26. The smallest absolute Gasteiger partial charge is 0.307 e. The molecule has 0 unspecified atom stereocenters. The maximum atomic E-state index is 12.0. The summed E-state index contributed by atoms with van der Waals surface area (Å²) in [4.78, 5) is 14.6. The van der Waals surface area contributed by atoms with E-state index in [4.69, 9.17) is 14.2 Å². The van der Waals surface area contributed by atoms with Gasteiger partial charge in [0.05, 0.1) is 30.4 Å². The Balaban J connectivity index is 1.61. The molecule has 1 spiro atoms. The van der Waals surface area contributed by atoms with Crippen molar-refractivity contribution in [1.82, 2.24) is 4.90 Å². The quantitative estimate of drug-likeness (QED) is 0.641. The lowest BCUT2D eigenvalue weighted by Gasteiger charge is -2.54. The maximum Gasteiger partial charge on any atom is 0.307 e. The van der Waals surface area contributed by atoms with Gasteiger partial charge in [-0.1, -0.05) is 13.0 Å². The van der Waals surface area contributed by atoms with Crippen LogP contribution in [0.3, 0.4) is 0 Å². The highest BCUT2D eigenvalue weighted by atomic mass is 16.6. The number of anilines is 1. The predicted octanol–water partition coefficient (Wildman–Crippen LogP) is 2.79. The van der Waals surface area contributed by atoms with Crippen molar-refractivity contribution in [1.29, 1.82) is 0 Å². The molecule has 5 atom stereocenters. The number of hydrogen-bond acceptors (Lipinski definition) is 6. The zero-order chi connectivity index (χ0) is 19.3. The Morgan fingerprint density at radius 2 is 2.29 bits per heavy atom. The summed E-state index contributed by atoms with van der Waals surface area (Å²) in [7, 11) is 1.69. The molecule has 1 aliphatic carbocycles. The van der Waals surface area contributed by atoms with Crippen LogP contribution >= 0.6 is 0 Å². The predicted molar refractivity (Wildman–Crippen MR) is 103 cm³/mol. The first-order valence-electron chi connectivity index (χ1n) is 10.3. The number of rotatable bonds is 3. The first-order valence-corrected chi connectivity index (χ1v) is 10.3. The molecule has 6 heteroatoms. The van der Waals surface area contributed by atoms with E-state index in [1.807, 2.05) is 6.07 Å². The van der Waals surface area contributed by atoms with E-state index in [0.29, 0.717) is 12.1 Å². The number of methoxy groups -OCH3 is 1. The Morgan fingerprint density at radius 1 is 1.43 bits per heavy atom. The first-order chi connectivity index (χ1) is 13.5. The number of piperidine rings is 1. The molecule has 0 saturated carbocycles. The van der Waals surface area contributed by atoms with Crippen LogP contribution in [-0.4, -0.2) is 49.3 Å². The molecular formula is C22H26N2O4. The van der Waals surface area contributed by atoms with E-state index in [2.05, 4.69) is 29.3 Å². The van der Waals surface area contributed by atoms with Crippen LogP contribution in [-0.2, 0) is 19.7 Å². The van der Waals surface area contributed by atoms with Crippen LogP contribution in [0.25, 0.3) is 0 Å². The minimum absolute atomic E-state index is 0.0169. The van der Waals surface area contributed by atoms with E-state index in [1.54, 1.807) is 7.11 Å². The minimum atomic E-state index is -0.253. The van der Waals surface area contributed by atoms with Gasteiger partial charge in [0.2, 0.25) is 0 Å². The number of nitrogens with one attached hydrogen (secondary N) is 1. The lowest BCUT2D eigenvalue weighted by molar-refractivity contribution is -0.138. The van der Waals surface area contributed by atoms with Crippen LogP contribution in [0, 0.1) is 5.41 Å². The standard InChI is InChI=1S/C22H26N2O4/c1-4-21-10-16(27-12(2)25)18-22(14-6-5-13(26-3)9-15(14)23-18)7-8-24(20(21)22)11-17-19(21)28-17/h5-6,9,17,19-20,23H,4,7-8,10-11H2,1-3H3/t17-,19-,20+,21+,22+/m1/s1. The highest BCUT2D eigenvalue weighted by molar-refractivity contribution is 5.75. The van der Waals surface area contributed by atoms with Crippen molar-refractivity contribution >= 4 is 11.7 Å². The molecule has 1 aromatic carbocycles. The molecule has 6 nitrogen and oxygen atoms in total. The van der Waals surface area contributed by atoms with Gasteiger partial charge in [0.1, 0.15) is 11.5 Å². The highest BCUT2D eigenvalue weighted by Gasteiger charge is 2.73. The van der Waals surface area contributed by atoms with Crippen LogP contribution in [0.5, 0.6) is 5.75 Å². The molecule has 3 saturated heterocycles. The second-order valence-electron chi connectivity index (χ2n) is 8.91. The molecule has 0 radical (unpaired) electrons. The fourth-order valence-corrected chi connectivity index (χ4v) is 6.87. The summed E-state index contributed by atoms with van der Waals surface area (Å²) < 4.78 is 17.5. The van der Waals surface area contributed by atoms with Crippen LogP contribution < -0.4 is 10.1 Å². The maximum absolute atomic E-state index is 12.0. The van der Waals surface area contributed by atoms with E-state index >= 15 is 0 Å². The number of fused-ring (bicyclic) bond motifs is 3. The number of hydrogen-bond donors (Lipinski definition) is 1. The Morgan fingerprint density at radius 3 is 3.04 bits per heavy atom. The average molecular weight is 382 g/mol. The van der Waals surface area contributed by atoms with Gasteiger partial charge in [-0.05, 0) is 31.0 Å². The zero-order valence-electron chi connectivity index (χ0n) is 16.6. The molecule has 1 aromatic rings. The molecule has 0 amide bonds. The van der Waals surface area contributed by atoms with Crippen molar-refractivity contribution in [2.24, 2.45) is 5.41 Å². The van der Waals surface area contributed by atoms with Crippen LogP contribution in [0.4, 0.5) is 5.69 Å². The van der Waals surface area contributed by atoms with Crippen LogP contribution in [0.15, 0.2) is 29.7 Å². The first kappa shape index (κ1) is 16.9. The zero-order valence-corrected chi connectivity index (χ0v) is 16.6. The fraction of sp³-hybridized carbons (Fsp3) is 0.591. The second kappa shape index (κ2) is 5.30. The number of allylic oxidation sites excluding steroid dienone is 1. The molecule has 1 N–H and O–H groups in total. The van der Waals surface area contributed by atoms with E-state index in [1.165, 1.54) is 12.5 Å². The lowest BCUT2D eigenvalue weighted by atomic mass is 9.54. The van der Waals surface area contributed by atoms with Gasteiger partial charge in [-0.2, -0.15) is 0 Å². The number of esters is 1. The van der Waals surface area contributed by atoms with Gasteiger partial charge < -0.3 is 19.5 Å². The number of carbonyl (C=O) groups excluding carboxylic acids is 1. The highest BCUT2D eigenvalue weighted by Crippen LogP contribution is 2.68. The topological polar surface area (TPSA) is 63.3 Å². The van der Waals surface area contributed by atoms with Gasteiger partial charge >= 0.3 is 5.97 Å². The third-order valence-electron chi connectivity index (χ3n) is 7.84. The van der Waals surface area contributed by atoms with Crippen molar-refractivity contribution < 1.29 is 19.0 Å². The lowest BCUT2D eigenvalue weighted by Crippen LogP contribution is -2.62. The van der Waals surface area contributed by atoms with Crippen molar-refractivity contribution in [2.45, 2.75) is 56.8 Å². The summed E-state index contributed by atoms with van der Waals surface area (Å²) in [6, 6.07) is 6.68. The van der Waals surface area contributed by atoms with Gasteiger partial charge in [0.15, 0.2) is 0 Å². The summed E-state index contributed by atoms with van der Waals surface area (Å²) in [6.45, 7) is 5.82. The Kier molecular flexibility index (Phi) is 3.19. The van der Waals surface area contributed by atoms with Gasteiger partial charge in [-0.15, -0.1) is 0 Å². The van der Waals surface area contributed by atoms with Gasteiger partial charge in [0.25, 0.3) is 0 Å². The molecule has 4 heterocycles. The van der Waals surface area contributed by atoms with Gasteiger partial charge in [-0.3, -0.25) is 9.69 Å². The summed E-state index contributed by atoms with van der Waals surface area (Å²) in [5.41, 5.74) is 3.28. The van der Waals surface area contributed by atoms with Gasteiger partial charge in [-0.25, -0.2) is 0 Å². The molecule has 28 heavy (non-hydrogen) atoms. The summed E-state index contributed by atoms with van der Waals surface area (Å²) in [5, 5.41) is 3.64. The normalized spacial score (nSPS) is 39.5. The molecule has 5 aliphatic rings. The van der Waals surface area contributed by atoms with Crippen molar-refractivity contribution in [2.75, 3.05) is 25.5 Å². The molecular weight excluding hydrogens is 356 g/mol. The summed E-state index contributed by atoms with van der Waals surface area (Å²) in [5.74, 6) is 1.39.